The molecule has 30 heavy (non-hydrogen) atoms. The molecule has 164 valence electrons. The fraction of sp³-hybridized carbons (Fsp3) is 0.478. The average Bonchev–Trinajstić information content (AvgIpc) is 2.58. The third-order valence-electron chi connectivity index (χ3n) is 5.79. The molecule has 0 amide bonds. The van der Waals surface area contributed by atoms with Crippen LogP contribution in [0.15, 0.2) is 24.3 Å². The molecule has 2 aromatic carbocycles. The third kappa shape index (κ3) is 4.51. The number of halogens is 4. The lowest BCUT2D eigenvalue weighted by atomic mass is 9.72. The first-order chi connectivity index (χ1) is 13.5. The molecule has 0 aromatic heterocycles. The van der Waals surface area contributed by atoms with Crippen molar-refractivity contribution in [2.75, 3.05) is 0 Å². The van der Waals surface area contributed by atoms with Gasteiger partial charge >= 0.3 is 0 Å². The molecule has 1 heterocycles. The number of hydrogen-bond donors (Lipinski definition) is 0. The Kier molecular flexibility index (Phi) is 6.84. The van der Waals surface area contributed by atoms with Crippen LogP contribution in [0.4, 0.5) is 0 Å². The second kappa shape index (κ2) is 8.24. The molecule has 0 saturated carbocycles. The van der Waals surface area contributed by atoms with E-state index in [2.05, 4.69) is 79.7 Å². The van der Waals surface area contributed by atoms with E-state index in [-0.39, 0.29) is 16.2 Å². The van der Waals surface area contributed by atoms with Crippen molar-refractivity contribution in [3.63, 3.8) is 0 Å². The quantitative estimate of drug-likeness (QED) is 0.356. The summed E-state index contributed by atoms with van der Waals surface area (Å²) in [5.74, 6) is 1.48. The van der Waals surface area contributed by atoms with E-state index in [0.717, 1.165) is 33.2 Å². The Labute approximate surface area is 202 Å². The fourth-order valence-electron chi connectivity index (χ4n) is 3.73. The molecule has 0 fully saturated rings. The van der Waals surface area contributed by atoms with Crippen LogP contribution >= 0.6 is 58.2 Å². The summed E-state index contributed by atoms with van der Waals surface area (Å²) in [6.45, 7) is 14.8. The molecule has 0 atom stereocenters. The molecule has 1 aliphatic rings. The van der Waals surface area contributed by atoms with Crippen LogP contribution in [0.3, 0.4) is 0 Å². The van der Waals surface area contributed by atoms with Crippen LogP contribution in [-0.2, 0) is 16.2 Å². The van der Waals surface area contributed by atoms with E-state index >= 15 is 0 Å². The number of rotatable bonds is 2. The summed E-state index contributed by atoms with van der Waals surface area (Å²) < 4.78 is 6.53. The van der Waals surface area contributed by atoms with E-state index in [0.29, 0.717) is 0 Å². The van der Waals surface area contributed by atoms with E-state index in [1.807, 2.05) is 0 Å². The Morgan fingerprint density at radius 3 is 1.27 bits per heavy atom. The van der Waals surface area contributed by atoms with Gasteiger partial charge in [0.15, 0.2) is 0 Å². The number of benzene rings is 2. The van der Waals surface area contributed by atoms with Crippen molar-refractivity contribution in [2.24, 2.45) is 0 Å². The Balaban J connectivity index is 2.38. The summed E-state index contributed by atoms with van der Waals surface area (Å²) in [4.78, 5) is 0. The molecule has 2 aromatic rings. The predicted octanol–water partition coefficient (Wildman–Crippen LogP) is 9.54. The molecule has 0 aliphatic carbocycles. The van der Waals surface area contributed by atoms with Crippen molar-refractivity contribution in [3.8, 4) is 11.5 Å². The highest BCUT2D eigenvalue weighted by atomic mass is 35.9. The molecule has 1 aliphatic heterocycles. The molecule has 3 rings (SSSR count). The first kappa shape index (κ1) is 24.9. The molecule has 0 N–H and O–H groups in total. The highest BCUT2D eigenvalue weighted by Crippen LogP contribution is 2.58. The van der Waals surface area contributed by atoms with Gasteiger partial charge in [-0.2, -0.15) is 0 Å². The maximum absolute atomic E-state index is 6.53. The summed E-state index contributed by atoms with van der Waals surface area (Å²) in [5.41, 5.74) is 4.15. The van der Waals surface area contributed by atoms with Crippen molar-refractivity contribution >= 4 is 68.8 Å². The lowest BCUT2D eigenvalue weighted by molar-refractivity contribution is 0.422. The molecular weight excluding hydrogens is 496 g/mol. The van der Waals surface area contributed by atoms with E-state index < -0.39 is 13.3 Å². The van der Waals surface area contributed by atoms with Gasteiger partial charge in [0, 0.05) is 27.2 Å². The molecule has 0 bridgehead atoms. The van der Waals surface area contributed by atoms with Crippen molar-refractivity contribution in [1.29, 1.82) is 0 Å². The zero-order chi connectivity index (χ0) is 22.8. The van der Waals surface area contributed by atoms with E-state index in [1.54, 1.807) is 0 Å². The second-order valence-electron chi connectivity index (χ2n) is 10.4. The van der Waals surface area contributed by atoms with Crippen LogP contribution in [0.5, 0.6) is 11.5 Å². The van der Waals surface area contributed by atoms with Gasteiger partial charge in [-0.3, -0.25) is 0 Å². The van der Waals surface area contributed by atoms with Gasteiger partial charge in [0.25, 0.3) is 0 Å². The number of fused-ring (bicyclic) bond motifs is 2. The molecule has 1 nitrogen and oxygen atoms in total. The predicted molar refractivity (Wildman–Crippen MR) is 139 cm³/mol. The minimum Gasteiger partial charge on any atom is -0.455 e. The topological polar surface area (TPSA) is 9.23 Å². The Morgan fingerprint density at radius 2 is 1.00 bits per heavy atom. The van der Waals surface area contributed by atoms with Gasteiger partial charge in [0.1, 0.15) is 24.8 Å². The molecular formula is C23H28Cl4OP2. The molecule has 0 saturated heterocycles. The normalized spacial score (nSPS) is 15.8. The van der Waals surface area contributed by atoms with E-state index in [9.17, 15) is 0 Å². The van der Waals surface area contributed by atoms with Crippen molar-refractivity contribution in [2.45, 2.75) is 71.6 Å². The highest BCUT2D eigenvalue weighted by molar-refractivity contribution is 8.09. The van der Waals surface area contributed by atoms with Gasteiger partial charge in [0.05, 0.1) is 0 Å². The molecule has 0 radical (unpaired) electrons. The Hall–Kier alpha value is 0.260. The summed E-state index contributed by atoms with van der Waals surface area (Å²) in [5, 5.41) is 1.68. The van der Waals surface area contributed by atoms with Gasteiger partial charge in [-0.1, -0.05) is 112 Å². The Morgan fingerprint density at radius 1 is 0.667 bits per heavy atom. The van der Waals surface area contributed by atoms with Crippen molar-refractivity contribution in [3.05, 3.63) is 46.5 Å². The van der Waals surface area contributed by atoms with Gasteiger partial charge in [-0.25, -0.2) is 0 Å². The SMILES string of the molecule is CC(C)(C)c1cc(P(Cl)Cl)c2c(c1)C(C)(C)c1cc(C(C)(C)C)cc(P(Cl)Cl)c1O2. The smallest absolute Gasteiger partial charge is 0.141 e. The highest BCUT2D eigenvalue weighted by Gasteiger charge is 2.40. The van der Waals surface area contributed by atoms with Gasteiger partial charge in [-0.05, 0) is 34.1 Å². The van der Waals surface area contributed by atoms with Gasteiger partial charge in [-0.15, -0.1) is 0 Å². The van der Waals surface area contributed by atoms with E-state index in [1.165, 1.54) is 11.1 Å². The summed E-state index contributed by atoms with van der Waals surface area (Å²) in [6.07, 6.45) is 0. The van der Waals surface area contributed by atoms with E-state index in [4.69, 9.17) is 49.7 Å². The van der Waals surface area contributed by atoms with Crippen molar-refractivity contribution < 1.29 is 4.74 Å². The monoisotopic (exact) mass is 522 g/mol. The van der Waals surface area contributed by atoms with Crippen LogP contribution < -0.4 is 15.3 Å². The molecule has 7 heteroatoms. The first-order valence-corrected chi connectivity index (χ1v) is 16.1. The van der Waals surface area contributed by atoms with Crippen LogP contribution in [0.2, 0.25) is 0 Å². The maximum atomic E-state index is 6.53. The molecule has 0 spiro atoms. The summed E-state index contributed by atoms with van der Waals surface area (Å²) in [6, 6.07) is 8.64. The Bertz CT molecular complexity index is 909. The lowest BCUT2D eigenvalue weighted by Crippen LogP contribution is -2.31. The standard InChI is InChI=1S/C23H28Cl4OP2/c1-21(2,3)13-9-15-19(17(11-13)29(24)25)28-20-16(23(15,7)8)10-14(22(4,5)6)12-18(20)30(26)27/h9-12H,1-8H3. The van der Waals surface area contributed by atoms with Gasteiger partial charge < -0.3 is 4.74 Å². The van der Waals surface area contributed by atoms with Crippen LogP contribution in [0.1, 0.15) is 77.6 Å². The van der Waals surface area contributed by atoms with Crippen molar-refractivity contribution in [1.82, 2.24) is 0 Å². The second-order valence-corrected chi connectivity index (χ2v) is 17.4. The van der Waals surface area contributed by atoms with Crippen LogP contribution in [0, 0.1) is 0 Å². The van der Waals surface area contributed by atoms with Crippen LogP contribution in [0.25, 0.3) is 0 Å². The first-order valence-electron chi connectivity index (χ1n) is 9.84. The zero-order valence-electron chi connectivity index (χ0n) is 18.6. The van der Waals surface area contributed by atoms with Crippen LogP contribution in [-0.4, -0.2) is 0 Å². The largest absolute Gasteiger partial charge is 0.455 e. The third-order valence-corrected chi connectivity index (χ3v) is 9.36. The molecule has 0 unspecified atom stereocenters. The zero-order valence-corrected chi connectivity index (χ0v) is 23.4. The fourth-order valence-corrected chi connectivity index (χ4v) is 6.35. The lowest BCUT2D eigenvalue weighted by Gasteiger charge is -2.39. The minimum absolute atomic E-state index is 0.0434. The average molecular weight is 524 g/mol. The van der Waals surface area contributed by atoms with Gasteiger partial charge in [0.2, 0.25) is 0 Å². The summed E-state index contributed by atoms with van der Waals surface area (Å²) in [7, 11) is 0. The number of ether oxygens (including phenoxy) is 1. The number of hydrogen-bond acceptors (Lipinski definition) is 1. The summed E-state index contributed by atoms with van der Waals surface area (Å²) >= 11 is 25.9. The maximum Gasteiger partial charge on any atom is 0.141 e. The minimum atomic E-state index is -1.40.